The minimum atomic E-state index is -3.42. The van der Waals surface area contributed by atoms with Gasteiger partial charge in [-0.1, -0.05) is 30.3 Å². The molecule has 0 radical (unpaired) electrons. The van der Waals surface area contributed by atoms with Crippen LogP contribution < -0.4 is 5.32 Å². The summed E-state index contributed by atoms with van der Waals surface area (Å²) < 4.78 is 27.0. The zero-order chi connectivity index (χ0) is 18.7. The fraction of sp³-hybridized carbons (Fsp3) is 0.421. The molecule has 1 aliphatic rings. The first-order valence-corrected chi connectivity index (χ1v) is 11.1. The number of rotatable bonds is 5. The van der Waals surface area contributed by atoms with Crippen LogP contribution in [0.25, 0.3) is 0 Å². The molecule has 1 aliphatic heterocycles. The number of thiophene rings is 1. The van der Waals surface area contributed by atoms with Crippen LogP contribution in [0, 0.1) is 12.8 Å². The highest BCUT2D eigenvalue weighted by atomic mass is 32.2. The topological polar surface area (TPSA) is 66.5 Å². The quantitative estimate of drug-likeness (QED) is 0.849. The highest BCUT2D eigenvalue weighted by Gasteiger charge is 2.32. The molecule has 1 saturated heterocycles. The average Bonchev–Trinajstić information content (AvgIpc) is 3.17. The molecule has 0 spiro atoms. The Morgan fingerprint density at radius 3 is 2.50 bits per heavy atom. The molecule has 26 heavy (non-hydrogen) atoms. The highest BCUT2D eigenvalue weighted by Crippen LogP contribution is 2.27. The Labute approximate surface area is 159 Å². The van der Waals surface area contributed by atoms with Gasteiger partial charge in [0.05, 0.1) is 6.04 Å². The molecule has 7 heteroatoms. The molecule has 140 valence electrons. The lowest BCUT2D eigenvalue weighted by Crippen LogP contribution is -2.43. The van der Waals surface area contributed by atoms with Crippen molar-refractivity contribution < 1.29 is 13.2 Å². The summed E-state index contributed by atoms with van der Waals surface area (Å²) in [6, 6.07) is 11.3. The fourth-order valence-electron chi connectivity index (χ4n) is 3.38. The lowest BCUT2D eigenvalue weighted by atomic mass is 9.96. The van der Waals surface area contributed by atoms with Gasteiger partial charge in [-0.2, -0.15) is 4.31 Å². The lowest BCUT2D eigenvalue weighted by Gasteiger charge is -2.31. The maximum Gasteiger partial charge on any atom is 0.252 e. The van der Waals surface area contributed by atoms with Crippen LogP contribution in [0.5, 0.6) is 0 Å². The molecule has 1 aromatic heterocycles. The van der Waals surface area contributed by atoms with Gasteiger partial charge >= 0.3 is 0 Å². The Balaban J connectivity index is 1.58. The molecule has 1 fully saturated rings. The molecule has 1 atom stereocenters. The number of piperidine rings is 1. The van der Waals surface area contributed by atoms with Crippen LogP contribution in [0.3, 0.4) is 0 Å². The van der Waals surface area contributed by atoms with E-state index in [1.165, 1.54) is 15.6 Å². The van der Waals surface area contributed by atoms with Gasteiger partial charge in [-0.3, -0.25) is 4.79 Å². The van der Waals surface area contributed by atoms with Crippen LogP contribution in [0.1, 0.15) is 36.9 Å². The predicted octanol–water partition coefficient (Wildman–Crippen LogP) is 3.33. The number of carbonyl (C=O) groups is 1. The number of amides is 1. The van der Waals surface area contributed by atoms with Gasteiger partial charge in [-0.05, 0) is 49.3 Å². The smallest absolute Gasteiger partial charge is 0.252 e. The van der Waals surface area contributed by atoms with E-state index >= 15 is 0 Å². The predicted molar refractivity (Wildman–Crippen MR) is 104 cm³/mol. The van der Waals surface area contributed by atoms with Gasteiger partial charge < -0.3 is 5.32 Å². The van der Waals surface area contributed by atoms with E-state index in [0.29, 0.717) is 30.1 Å². The van der Waals surface area contributed by atoms with Crippen molar-refractivity contribution in [2.75, 3.05) is 13.1 Å². The number of nitrogens with zero attached hydrogens (tertiary/aromatic N) is 1. The van der Waals surface area contributed by atoms with Gasteiger partial charge in [0.2, 0.25) is 5.91 Å². The number of aryl methyl sites for hydroxylation is 1. The van der Waals surface area contributed by atoms with Gasteiger partial charge in [0.25, 0.3) is 10.0 Å². The monoisotopic (exact) mass is 392 g/mol. The number of nitrogens with one attached hydrogen (secondary N) is 1. The Hall–Kier alpha value is -1.70. The third-order valence-corrected chi connectivity index (χ3v) is 8.20. The molecular formula is C19H24N2O3S2. The molecule has 0 aliphatic carbocycles. The number of hydrogen-bond acceptors (Lipinski definition) is 4. The van der Waals surface area contributed by atoms with Crippen LogP contribution in [0.4, 0.5) is 0 Å². The molecule has 1 N–H and O–H groups in total. The highest BCUT2D eigenvalue weighted by molar-refractivity contribution is 7.91. The maximum atomic E-state index is 12.6. The van der Waals surface area contributed by atoms with Crippen molar-refractivity contribution >= 4 is 27.3 Å². The standard InChI is InChI=1S/C19H24N2O3S2/c1-14-6-3-4-7-17(14)15(2)20-19(22)16-9-11-21(12-10-16)26(23,24)18-8-5-13-25-18/h3-8,13,15-16H,9-12H2,1-2H3,(H,20,22). The minimum absolute atomic E-state index is 0.00826. The lowest BCUT2D eigenvalue weighted by molar-refractivity contribution is -0.126. The molecule has 2 aromatic rings. The fourth-order valence-corrected chi connectivity index (χ4v) is 5.99. The summed E-state index contributed by atoms with van der Waals surface area (Å²) in [6.07, 6.45) is 1.11. The second-order valence-electron chi connectivity index (χ2n) is 6.70. The average molecular weight is 393 g/mol. The summed E-state index contributed by atoms with van der Waals surface area (Å²) in [7, 11) is -3.42. The summed E-state index contributed by atoms with van der Waals surface area (Å²) in [6.45, 7) is 4.79. The van der Waals surface area contributed by atoms with E-state index < -0.39 is 10.0 Å². The van der Waals surface area contributed by atoms with Crippen molar-refractivity contribution in [3.8, 4) is 0 Å². The second-order valence-corrected chi connectivity index (χ2v) is 9.81. The van der Waals surface area contributed by atoms with Crippen LogP contribution in [0.15, 0.2) is 46.0 Å². The first kappa shape index (κ1) is 19.1. The van der Waals surface area contributed by atoms with Crippen molar-refractivity contribution in [1.29, 1.82) is 0 Å². The number of carbonyl (C=O) groups excluding carboxylic acids is 1. The van der Waals surface area contributed by atoms with Gasteiger partial charge in [0.15, 0.2) is 0 Å². The Kier molecular flexibility index (Phi) is 5.79. The van der Waals surface area contributed by atoms with E-state index in [4.69, 9.17) is 0 Å². The van der Waals surface area contributed by atoms with Crippen LogP contribution in [-0.4, -0.2) is 31.7 Å². The zero-order valence-corrected chi connectivity index (χ0v) is 16.6. The van der Waals surface area contributed by atoms with Gasteiger partial charge in [0.1, 0.15) is 4.21 Å². The van der Waals surface area contributed by atoms with Crippen LogP contribution in [-0.2, 0) is 14.8 Å². The Morgan fingerprint density at radius 1 is 1.19 bits per heavy atom. The molecule has 2 heterocycles. The van der Waals surface area contributed by atoms with E-state index in [1.807, 2.05) is 38.1 Å². The SMILES string of the molecule is Cc1ccccc1C(C)NC(=O)C1CCN(S(=O)(=O)c2cccs2)CC1. The van der Waals surface area contributed by atoms with Crippen molar-refractivity contribution in [2.45, 2.75) is 36.9 Å². The van der Waals surface area contributed by atoms with Crippen molar-refractivity contribution in [3.05, 3.63) is 52.9 Å². The summed E-state index contributed by atoms with van der Waals surface area (Å²) >= 11 is 1.23. The third kappa shape index (κ3) is 4.00. The first-order chi connectivity index (χ1) is 12.4. The number of hydrogen-bond donors (Lipinski definition) is 1. The van der Waals surface area contributed by atoms with Gasteiger partial charge in [-0.25, -0.2) is 8.42 Å². The Bertz CT molecular complexity index is 855. The van der Waals surface area contributed by atoms with Gasteiger partial charge in [-0.15, -0.1) is 11.3 Å². The molecule has 1 unspecified atom stereocenters. The zero-order valence-electron chi connectivity index (χ0n) is 15.0. The van der Waals surface area contributed by atoms with Crippen LogP contribution >= 0.6 is 11.3 Å². The van der Waals surface area contributed by atoms with E-state index in [0.717, 1.165) is 11.1 Å². The summed E-state index contributed by atoms with van der Waals surface area (Å²) in [5.41, 5.74) is 2.26. The van der Waals surface area contributed by atoms with Crippen molar-refractivity contribution in [3.63, 3.8) is 0 Å². The molecule has 1 aromatic carbocycles. The molecule has 5 nitrogen and oxygen atoms in total. The van der Waals surface area contributed by atoms with E-state index in [1.54, 1.807) is 17.5 Å². The van der Waals surface area contributed by atoms with E-state index in [2.05, 4.69) is 5.32 Å². The Morgan fingerprint density at radius 2 is 1.88 bits per heavy atom. The number of sulfonamides is 1. The summed E-state index contributed by atoms with van der Waals surface area (Å²) in [5, 5.41) is 4.85. The third-order valence-electron chi connectivity index (χ3n) is 4.93. The normalized spacial score (nSPS) is 17.8. The second kappa shape index (κ2) is 7.90. The van der Waals surface area contributed by atoms with Crippen molar-refractivity contribution in [1.82, 2.24) is 9.62 Å². The summed E-state index contributed by atoms with van der Waals surface area (Å²) in [5.74, 6) is -0.134. The minimum Gasteiger partial charge on any atom is -0.349 e. The first-order valence-electron chi connectivity index (χ1n) is 8.79. The maximum absolute atomic E-state index is 12.6. The molecule has 0 bridgehead atoms. The van der Waals surface area contributed by atoms with Crippen LogP contribution in [0.2, 0.25) is 0 Å². The summed E-state index contributed by atoms with van der Waals surface area (Å²) in [4.78, 5) is 12.6. The largest absolute Gasteiger partial charge is 0.349 e. The molecular weight excluding hydrogens is 368 g/mol. The van der Waals surface area contributed by atoms with Crippen molar-refractivity contribution in [2.24, 2.45) is 5.92 Å². The van der Waals surface area contributed by atoms with E-state index in [-0.39, 0.29) is 17.9 Å². The number of benzene rings is 1. The molecule has 3 rings (SSSR count). The molecule has 0 saturated carbocycles. The molecule has 1 amide bonds. The van der Waals surface area contributed by atoms with E-state index in [9.17, 15) is 13.2 Å². The van der Waals surface area contributed by atoms with Gasteiger partial charge in [0, 0.05) is 19.0 Å².